The van der Waals surface area contributed by atoms with Gasteiger partial charge in [0.15, 0.2) is 5.69 Å². The van der Waals surface area contributed by atoms with Crippen molar-refractivity contribution in [2.24, 2.45) is 0 Å². The summed E-state index contributed by atoms with van der Waals surface area (Å²) in [6.45, 7) is 1.75. The fourth-order valence-electron chi connectivity index (χ4n) is 3.31. The van der Waals surface area contributed by atoms with Gasteiger partial charge in [0.25, 0.3) is 5.91 Å². The van der Waals surface area contributed by atoms with E-state index in [1.165, 1.54) is 0 Å². The van der Waals surface area contributed by atoms with E-state index in [1.54, 1.807) is 14.0 Å². The molecule has 4 rings (SSSR count). The molecule has 0 saturated carbocycles. The predicted molar refractivity (Wildman–Crippen MR) is 115 cm³/mol. The largest absolute Gasteiger partial charge is 0.497 e. The maximum Gasteiger partial charge on any atom is 0.274 e. The third-order valence-electron chi connectivity index (χ3n) is 4.89. The van der Waals surface area contributed by atoms with Crippen molar-refractivity contribution in [2.75, 3.05) is 7.11 Å². The first-order valence-corrected chi connectivity index (χ1v) is 9.68. The molecule has 1 atom stereocenters. The number of oxazole rings is 1. The predicted octanol–water partition coefficient (Wildman–Crippen LogP) is 5.18. The van der Waals surface area contributed by atoms with Crippen LogP contribution in [0.2, 0.25) is 0 Å². The van der Waals surface area contributed by atoms with Crippen LogP contribution in [0.5, 0.6) is 5.75 Å². The molecule has 1 N–H and O–H groups in total. The highest BCUT2D eigenvalue weighted by Gasteiger charge is 2.23. The lowest BCUT2D eigenvalue weighted by Crippen LogP contribution is -2.30. The fourth-order valence-corrected chi connectivity index (χ4v) is 3.31. The zero-order valence-electron chi connectivity index (χ0n) is 16.8. The lowest BCUT2D eigenvalue weighted by atomic mass is 9.98. The van der Waals surface area contributed by atoms with Crippen LogP contribution in [-0.4, -0.2) is 18.0 Å². The third-order valence-corrected chi connectivity index (χ3v) is 4.89. The van der Waals surface area contributed by atoms with E-state index in [4.69, 9.17) is 9.15 Å². The number of ether oxygens (including phenoxy) is 1. The second-order valence-corrected chi connectivity index (χ2v) is 6.88. The van der Waals surface area contributed by atoms with E-state index >= 15 is 0 Å². The van der Waals surface area contributed by atoms with Crippen LogP contribution >= 0.6 is 0 Å². The summed E-state index contributed by atoms with van der Waals surface area (Å²) in [7, 11) is 1.63. The number of aryl methyl sites for hydroxylation is 1. The Labute approximate surface area is 175 Å². The van der Waals surface area contributed by atoms with E-state index in [1.807, 2.05) is 84.9 Å². The Kier molecular flexibility index (Phi) is 5.61. The molecule has 1 amide bonds. The average molecular weight is 398 g/mol. The van der Waals surface area contributed by atoms with Gasteiger partial charge in [-0.25, -0.2) is 4.98 Å². The van der Waals surface area contributed by atoms with Crippen LogP contribution in [-0.2, 0) is 0 Å². The molecule has 3 aromatic carbocycles. The molecule has 0 spiro atoms. The zero-order valence-corrected chi connectivity index (χ0v) is 16.8. The number of hydrogen-bond acceptors (Lipinski definition) is 4. The fraction of sp³-hybridized carbons (Fsp3) is 0.120. The Morgan fingerprint density at radius 3 is 2.13 bits per heavy atom. The van der Waals surface area contributed by atoms with Crippen LogP contribution in [0, 0.1) is 6.92 Å². The summed E-state index contributed by atoms with van der Waals surface area (Å²) in [5, 5.41) is 3.11. The number of methoxy groups -OCH3 is 1. The lowest BCUT2D eigenvalue weighted by molar-refractivity contribution is 0.0937. The quantitative estimate of drug-likeness (QED) is 0.486. The molecule has 0 aliphatic rings. The molecule has 0 unspecified atom stereocenters. The summed E-state index contributed by atoms with van der Waals surface area (Å²) in [5.74, 6) is 1.38. The van der Waals surface area contributed by atoms with Gasteiger partial charge in [0.1, 0.15) is 11.5 Å². The highest BCUT2D eigenvalue weighted by molar-refractivity contribution is 5.94. The van der Waals surface area contributed by atoms with Crippen molar-refractivity contribution in [3.05, 3.63) is 108 Å². The number of amides is 1. The Balaban J connectivity index is 1.64. The molecular formula is C25H22N2O3. The molecule has 0 aliphatic carbocycles. The molecule has 0 radical (unpaired) electrons. The smallest absolute Gasteiger partial charge is 0.274 e. The van der Waals surface area contributed by atoms with Gasteiger partial charge in [0.05, 0.1) is 13.2 Å². The first-order chi connectivity index (χ1) is 14.7. The van der Waals surface area contributed by atoms with Gasteiger partial charge in [-0.1, -0.05) is 60.7 Å². The summed E-state index contributed by atoms with van der Waals surface area (Å²) in [5.41, 5.74) is 3.03. The second kappa shape index (κ2) is 8.66. The molecular weight excluding hydrogens is 376 g/mol. The minimum absolute atomic E-state index is 0.281. The van der Waals surface area contributed by atoms with E-state index in [9.17, 15) is 4.79 Å². The number of carbonyl (C=O) groups is 1. The van der Waals surface area contributed by atoms with Crippen molar-refractivity contribution < 1.29 is 13.9 Å². The highest BCUT2D eigenvalue weighted by Crippen LogP contribution is 2.26. The van der Waals surface area contributed by atoms with E-state index in [0.717, 1.165) is 22.4 Å². The normalized spacial score (nSPS) is 11.7. The average Bonchev–Trinajstić information content (AvgIpc) is 3.20. The van der Waals surface area contributed by atoms with Gasteiger partial charge < -0.3 is 14.5 Å². The van der Waals surface area contributed by atoms with Crippen LogP contribution in [0.25, 0.3) is 11.5 Å². The molecule has 0 fully saturated rings. The molecule has 30 heavy (non-hydrogen) atoms. The van der Waals surface area contributed by atoms with Crippen molar-refractivity contribution in [1.82, 2.24) is 10.3 Å². The van der Waals surface area contributed by atoms with Gasteiger partial charge in [0.2, 0.25) is 5.89 Å². The lowest BCUT2D eigenvalue weighted by Gasteiger charge is -2.19. The molecule has 1 heterocycles. The molecule has 0 aliphatic heterocycles. The number of hydrogen-bond donors (Lipinski definition) is 1. The summed E-state index contributed by atoms with van der Waals surface area (Å²) in [4.78, 5) is 17.6. The zero-order chi connectivity index (χ0) is 20.9. The number of aromatic nitrogens is 1. The van der Waals surface area contributed by atoms with Crippen LogP contribution in [0.15, 0.2) is 89.3 Å². The summed E-state index contributed by atoms with van der Waals surface area (Å²) in [6.07, 6.45) is 0. The number of carbonyl (C=O) groups excluding carboxylic acids is 1. The van der Waals surface area contributed by atoms with Gasteiger partial charge in [-0.05, 0) is 42.3 Å². The van der Waals surface area contributed by atoms with Gasteiger partial charge in [-0.2, -0.15) is 0 Å². The van der Waals surface area contributed by atoms with Gasteiger partial charge in [-0.3, -0.25) is 4.79 Å². The Bertz CT molecular complexity index is 1120. The number of nitrogens with zero attached hydrogens (tertiary/aromatic N) is 1. The van der Waals surface area contributed by atoms with Crippen molar-refractivity contribution >= 4 is 5.91 Å². The molecule has 0 bridgehead atoms. The maximum atomic E-state index is 13.1. The van der Waals surface area contributed by atoms with Gasteiger partial charge in [0, 0.05) is 5.56 Å². The third kappa shape index (κ3) is 4.10. The van der Waals surface area contributed by atoms with E-state index in [-0.39, 0.29) is 17.6 Å². The number of nitrogens with one attached hydrogen (secondary N) is 1. The number of rotatable bonds is 6. The number of benzene rings is 3. The standard InChI is InChI=1S/C25H22N2O3/c1-17-22(27-25(30-17)20-11-7-4-8-12-20)24(28)26-23(18-9-5-3-6-10-18)19-13-15-21(29-2)16-14-19/h3-16,23H,1-2H3,(H,26,28)/t23-/m1/s1. The van der Waals surface area contributed by atoms with E-state index < -0.39 is 0 Å². The molecule has 1 aromatic heterocycles. The highest BCUT2D eigenvalue weighted by atomic mass is 16.5. The first-order valence-electron chi connectivity index (χ1n) is 9.68. The minimum atomic E-state index is -0.333. The SMILES string of the molecule is COc1ccc([C@H](NC(=O)c2nc(-c3ccccc3)oc2C)c2ccccc2)cc1. The molecule has 5 heteroatoms. The minimum Gasteiger partial charge on any atom is -0.497 e. The summed E-state index contributed by atoms with van der Waals surface area (Å²) < 4.78 is 11.0. The summed E-state index contributed by atoms with van der Waals surface area (Å²) in [6, 6.07) is 26.7. The Hall–Kier alpha value is -3.86. The van der Waals surface area contributed by atoms with Crippen LogP contribution < -0.4 is 10.1 Å². The van der Waals surface area contributed by atoms with Gasteiger partial charge >= 0.3 is 0 Å². The van der Waals surface area contributed by atoms with Crippen LogP contribution in [0.3, 0.4) is 0 Å². The van der Waals surface area contributed by atoms with Crippen molar-refractivity contribution in [3.8, 4) is 17.2 Å². The van der Waals surface area contributed by atoms with Crippen LogP contribution in [0.4, 0.5) is 0 Å². The molecule has 150 valence electrons. The van der Waals surface area contributed by atoms with E-state index in [0.29, 0.717) is 11.7 Å². The Morgan fingerprint density at radius 2 is 1.50 bits per heavy atom. The molecule has 4 aromatic rings. The monoisotopic (exact) mass is 398 g/mol. The Morgan fingerprint density at radius 1 is 0.900 bits per heavy atom. The van der Waals surface area contributed by atoms with Crippen molar-refractivity contribution in [1.29, 1.82) is 0 Å². The maximum absolute atomic E-state index is 13.1. The second-order valence-electron chi connectivity index (χ2n) is 6.88. The first kappa shape index (κ1) is 19.5. The van der Waals surface area contributed by atoms with Crippen molar-refractivity contribution in [2.45, 2.75) is 13.0 Å². The van der Waals surface area contributed by atoms with E-state index in [2.05, 4.69) is 10.3 Å². The summed E-state index contributed by atoms with van der Waals surface area (Å²) >= 11 is 0. The van der Waals surface area contributed by atoms with Gasteiger partial charge in [-0.15, -0.1) is 0 Å². The molecule has 5 nitrogen and oxygen atoms in total. The topological polar surface area (TPSA) is 64.4 Å². The molecule has 0 saturated heterocycles. The van der Waals surface area contributed by atoms with Crippen molar-refractivity contribution in [3.63, 3.8) is 0 Å². The van der Waals surface area contributed by atoms with Crippen LogP contribution in [0.1, 0.15) is 33.4 Å².